The predicted octanol–water partition coefficient (Wildman–Crippen LogP) is 3.22. The third-order valence-electron chi connectivity index (χ3n) is 2.32. The molecule has 0 saturated carbocycles. The number of aryl methyl sites for hydroxylation is 1. The summed E-state index contributed by atoms with van der Waals surface area (Å²) < 4.78 is 0. The molecular weight excluding hydrogens is 236 g/mol. The van der Waals surface area contributed by atoms with Crippen LogP contribution in [0.4, 0.5) is 17.5 Å². The van der Waals surface area contributed by atoms with Crippen LogP contribution < -0.4 is 10.6 Å². The van der Waals surface area contributed by atoms with Crippen molar-refractivity contribution in [1.82, 2.24) is 9.97 Å². The number of anilines is 3. The Kier molecular flexibility index (Phi) is 3.44. The minimum Gasteiger partial charge on any atom is -0.357 e. The van der Waals surface area contributed by atoms with E-state index in [2.05, 4.69) is 20.6 Å². The van der Waals surface area contributed by atoms with Gasteiger partial charge in [-0.3, -0.25) is 0 Å². The van der Waals surface area contributed by atoms with E-state index in [-0.39, 0.29) is 0 Å². The average molecular weight is 249 g/mol. The molecule has 1 heterocycles. The Morgan fingerprint density at radius 2 is 2.06 bits per heavy atom. The highest BCUT2D eigenvalue weighted by Crippen LogP contribution is 2.22. The van der Waals surface area contributed by atoms with Gasteiger partial charge in [0, 0.05) is 24.0 Å². The number of halogens is 1. The number of aromatic nitrogens is 2. The minimum absolute atomic E-state index is 0.577. The summed E-state index contributed by atoms with van der Waals surface area (Å²) in [7, 11) is 1.78. The summed E-state index contributed by atoms with van der Waals surface area (Å²) in [5, 5.41) is 6.79. The van der Waals surface area contributed by atoms with Crippen molar-refractivity contribution in [2.75, 3.05) is 17.7 Å². The quantitative estimate of drug-likeness (QED) is 0.876. The molecule has 0 aliphatic rings. The molecule has 0 unspecified atom stereocenters. The van der Waals surface area contributed by atoms with E-state index >= 15 is 0 Å². The first kappa shape index (κ1) is 11.7. The number of hydrogen-bond donors (Lipinski definition) is 2. The van der Waals surface area contributed by atoms with Crippen molar-refractivity contribution in [3.05, 3.63) is 41.0 Å². The fraction of sp³-hybridized carbons (Fsp3) is 0.167. The van der Waals surface area contributed by atoms with Gasteiger partial charge in [-0.15, -0.1) is 0 Å². The first-order chi connectivity index (χ1) is 8.19. The van der Waals surface area contributed by atoms with Gasteiger partial charge in [0.1, 0.15) is 5.82 Å². The van der Waals surface area contributed by atoms with Gasteiger partial charge in [-0.2, -0.15) is 4.98 Å². The van der Waals surface area contributed by atoms with E-state index in [0.29, 0.717) is 5.95 Å². The predicted molar refractivity (Wildman–Crippen MR) is 71.1 cm³/mol. The number of benzene rings is 1. The molecule has 2 N–H and O–H groups in total. The van der Waals surface area contributed by atoms with Crippen LogP contribution in [-0.4, -0.2) is 17.0 Å². The summed E-state index contributed by atoms with van der Waals surface area (Å²) in [4.78, 5) is 8.31. The maximum Gasteiger partial charge on any atom is 0.224 e. The Morgan fingerprint density at radius 3 is 2.76 bits per heavy atom. The van der Waals surface area contributed by atoms with Crippen molar-refractivity contribution in [1.29, 1.82) is 0 Å². The van der Waals surface area contributed by atoms with Gasteiger partial charge in [-0.1, -0.05) is 17.7 Å². The second-order valence-corrected chi connectivity index (χ2v) is 4.01. The van der Waals surface area contributed by atoms with E-state index in [1.165, 1.54) is 0 Å². The normalized spacial score (nSPS) is 10.1. The molecule has 0 aliphatic heterocycles. The number of rotatable bonds is 3. The lowest BCUT2D eigenvalue weighted by Crippen LogP contribution is -1.99. The molecule has 0 amide bonds. The molecule has 0 atom stereocenters. The summed E-state index contributed by atoms with van der Waals surface area (Å²) >= 11 is 6.05. The van der Waals surface area contributed by atoms with Crippen LogP contribution in [0.1, 0.15) is 5.56 Å². The molecule has 0 bridgehead atoms. The van der Waals surface area contributed by atoms with Gasteiger partial charge in [-0.05, 0) is 30.7 Å². The summed E-state index contributed by atoms with van der Waals surface area (Å²) in [6.07, 6.45) is 1.69. The zero-order valence-electron chi connectivity index (χ0n) is 9.66. The van der Waals surface area contributed by atoms with Crippen molar-refractivity contribution in [2.45, 2.75) is 6.92 Å². The molecule has 1 aromatic carbocycles. The standard InChI is InChI=1S/C12H13ClN4/c1-8-3-4-9(7-10(8)13)16-11-5-6-15-12(14-2)17-11/h3-7H,1-2H3,(H2,14,15,16,17). The Hall–Kier alpha value is -1.81. The van der Waals surface area contributed by atoms with Gasteiger partial charge in [-0.25, -0.2) is 4.98 Å². The Labute approximate surface area is 105 Å². The van der Waals surface area contributed by atoms with E-state index < -0.39 is 0 Å². The second kappa shape index (κ2) is 5.01. The molecule has 2 rings (SSSR count). The summed E-state index contributed by atoms with van der Waals surface area (Å²) in [6, 6.07) is 7.60. The molecule has 0 aliphatic carbocycles. The van der Waals surface area contributed by atoms with Crippen LogP contribution in [0.5, 0.6) is 0 Å². The topological polar surface area (TPSA) is 49.8 Å². The van der Waals surface area contributed by atoms with Crippen molar-refractivity contribution < 1.29 is 0 Å². The van der Waals surface area contributed by atoms with Gasteiger partial charge in [0.15, 0.2) is 0 Å². The van der Waals surface area contributed by atoms with E-state index in [4.69, 9.17) is 11.6 Å². The molecule has 0 spiro atoms. The van der Waals surface area contributed by atoms with E-state index in [1.54, 1.807) is 19.3 Å². The Balaban J connectivity index is 2.22. The maximum absolute atomic E-state index is 6.05. The van der Waals surface area contributed by atoms with E-state index in [1.807, 2.05) is 25.1 Å². The van der Waals surface area contributed by atoms with Crippen LogP contribution in [0.3, 0.4) is 0 Å². The van der Waals surface area contributed by atoms with Gasteiger partial charge < -0.3 is 10.6 Å². The largest absolute Gasteiger partial charge is 0.357 e. The first-order valence-electron chi connectivity index (χ1n) is 5.23. The summed E-state index contributed by atoms with van der Waals surface area (Å²) in [6.45, 7) is 1.97. The highest BCUT2D eigenvalue weighted by Gasteiger charge is 2.00. The highest BCUT2D eigenvalue weighted by atomic mass is 35.5. The van der Waals surface area contributed by atoms with Crippen molar-refractivity contribution in [3.63, 3.8) is 0 Å². The van der Waals surface area contributed by atoms with Crippen molar-refractivity contribution in [2.24, 2.45) is 0 Å². The van der Waals surface area contributed by atoms with Crippen LogP contribution in [0.25, 0.3) is 0 Å². The lowest BCUT2D eigenvalue weighted by atomic mass is 10.2. The van der Waals surface area contributed by atoms with Crippen LogP contribution >= 0.6 is 11.6 Å². The summed E-state index contributed by atoms with van der Waals surface area (Å²) in [5.41, 5.74) is 1.96. The zero-order chi connectivity index (χ0) is 12.3. The lowest BCUT2D eigenvalue weighted by Gasteiger charge is -2.07. The van der Waals surface area contributed by atoms with Crippen LogP contribution in [-0.2, 0) is 0 Å². The van der Waals surface area contributed by atoms with Gasteiger partial charge in [0.05, 0.1) is 0 Å². The zero-order valence-corrected chi connectivity index (χ0v) is 10.4. The molecule has 88 valence electrons. The molecule has 0 radical (unpaired) electrons. The SMILES string of the molecule is CNc1nccc(Nc2ccc(C)c(Cl)c2)n1. The monoisotopic (exact) mass is 248 g/mol. The Bertz CT molecular complexity index is 528. The molecule has 17 heavy (non-hydrogen) atoms. The summed E-state index contributed by atoms with van der Waals surface area (Å²) in [5.74, 6) is 1.30. The molecule has 0 saturated heterocycles. The van der Waals surface area contributed by atoms with Gasteiger partial charge >= 0.3 is 0 Å². The second-order valence-electron chi connectivity index (χ2n) is 3.60. The molecule has 1 aromatic heterocycles. The molecule has 0 fully saturated rings. The molecule has 2 aromatic rings. The van der Waals surface area contributed by atoms with Gasteiger partial charge in [0.2, 0.25) is 5.95 Å². The molecular formula is C12H13ClN4. The fourth-order valence-corrected chi connectivity index (χ4v) is 1.55. The number of nitrogens with zero attached hydrogens (tertiary/aromatic N) is 2. The van der Waals surface area contributed by atoms with E-state index in [9.17, 15) is 0 Å². The van der Waals surface area contributed by atoms with Crippen LogP contribution in [0.15, 0.2) is 30.5 Å². The minimum atomic E-state index is 0.577. The maximum atomic E-state index is 6.05. The molecule has 5 heteroatoms. The lowest BCUT2D eigenvalue weighted by molar-refractivity contribution is 1.15. The van der Waals surface area contributed by atoms with Crippen molar-refractivity contribution in [3.8, 4) is 0 Å². The number of hydrogen-bond acceptors (Lipinski definition) is 4. The first-order valence-corrected chi connectivity index (χ1v) is 5.61. The number of nitrogens with one attached hydrogen (secondary N) is 2. The average Bonchev–Trinajstić information content (AvgIpc) is 2.34. The third-order valence-corrected chi connectivity index (χ3v) is 2.73. The Morgan fingerprint density at radius 1 is 1.24 bits per heavy atom. The molecule has 4 nitrogen and oxygen atoms in total. The van der Waals surface area contributed by atoms with Crippen LogP contribution in [0.2, 0.25) is 5.02 Å². The smallest absolute Gasteiger partial charge is 0.224 e. The highest BCUT2D eigenvalue weighted by molar-refractivity contribution is 6.31. The third kappa shape index (κ3) is 2.85. The van der Waals surface area contributed by atoms with E-state index in [0.717, 1.165) is 22.1 Å². The van der Waals surface area contributed by atoms with Crippen molar-refractivity contribution >= 4 is 29.1 Å². The van der Waals surface area contributed by atoms with Gasteiger partial charge in [0.25, 0.3) is 0 Å². The van der Waals surface area contributed by atoms with Crippen LogP contribution in [0, 0.1) is 6.92 Å². The fourth-order valence-electron chi connectivity index (χ4n) is 1.37.